The fourth-order valence-corrected chi connectivity index (χ4v) is 3.59. The van der Waals surface area contributed by atoms with Gasteiger partial charge in [0.25, 0.3) is 10.0 Å². The molecule has 0 aliphatic heterocycles. The molecule has 0 heterocycles. The number of methoxy groups -OCH3 is 1. The fraction of sp³-hybridized carbons (Fsp3) is 0.0714. The van der Waals surface area contributed by atoms with Crippen LogP contribution in [-0.2, 0) is 14.8 Å². The van der Waals surface area contributed by atoms with E-state index in [1.807, 2.05) is 4.72 Å². The number of sulfonamides is 1. The van der Waals surface area contributed by atoms with E-state index in [1.54, 1.807) is 0 Å². The van der Waals surface area contributed by atoms with Gasteiger partial charge in [0.1, 0.15) is 4.90 Å². The Labute approximate surface area is 145 Å². The smallest absolute Gasteiger partial charge is 0.337 e. The number of carbonyl (C=O) groups is 1. The van der Waals surface area contributed by atoms with Crippen molar-refractivity contribution in [2.24, 2.45) is 0 Å². The van der Waals surface area contributed by atoms with Crippen molar-refractivity contribution in [1.29, 1.82) is 0 Å². The summed E-state index contributed by atoms with van der Waals surface area (Å²) in [6.07, 6.45) is 0. The number of ether oxygens (including phenoxy) is 1. The molecule has 0 saturated heterocycles. The summed E-state index contributed by atoms with van der Waals surface area (Å²) in [7, 11) is -12.9. The molecule has 2 rings (SSSR count). The van der Waals surface area contributed by atoms with Crippen LogP contribution in [-0.4, -0.2) is 21.5 Å². The molecule has 0 atom stereocenters. The summed E-state index contributed by atoms with van der Waals surface area (Å²) in [6, 6.07) is 5.87. The van der Waals surface area contributed by atoms with Crippen molar-refractivity contribution < 1.29 is 37.4 Å². The lowest BCUT2D eigenvalue weighted by Crippen LogP contribution is -2.13. The molecule has 0 fully saturated rings. The van der Waals surface area contributed by atoms with Crippen LogP contribution in [0.5, 0.6) is 0 Å². The second-order valence-corrected chi connectivity index (χ2v) is 9.21. The highest BCUT2D eigenvalue weighted by Gasteiger charge is 2.65. The van der Waals surface area contributed by atoms with Crippen LogP contribution >= 0.6 is 10.2 Å². The molecule has 0 aliphatic carbocycles. The van der Waals surface area contributed by atoms with Crippen LogP contribution < -0.4 is 4.72 Å². The average molecular weight is 417 g/mol. The van der Waals surface area contributed by atoms with Gasteiger partial charge in [-0.1, -0.05) is 19.4 Å². The quantitative estimate of drug-likeness (QED) is 0.553. The molecule has 0 unspecified atom stereocenters. The molecule has 0 spiro atoms. The summed E-state index contributed by atoms with van der Waals surface area (Å²) in [4.78, 5) is 8.87. The molecule has 0 aromatic heterocycles. The number of anilines is 1. The van der Waals surface area contributed by atoms with Gasteiger partial charge in [-0.25, -0.2) is 13.2 Å². The third-order valence-electron chi connectivity index (χ3n) is 3.14. The molecule has 0 bridgehead atoms. The second-order valence-electron chi connectivity index (χ2n) is 5.11. The first-order valence-electron chi connectivity index (χ1n) is 6.68. The number of nitrogens with one attached hydrogen (secondary N) is 1. The van der Waals surface area contributed by atoms with E-state index in [9.17, 15) is 32.6 Å². The highest BCUT2D eigenvalue weighted by Crippen LogP contribution is 3.02. The summed E-state index contributed by atoms with van der Waals surface area (Å²) in [5, 5.41) is 0. The number of hydrogen-bond acceptors (Lipinski definition) is 4. The molecule has 5 nitrogen and oxygen atoms in total. The van der Waals surface area contributed by atoms with E-state index in [2.05, 4.69) is 4.74 Å². The van der Waals surface area contributed by atoms with Gasteiger partial charge in [-0.3, -0.25) is 4.72 Å². The zero-order valence-corrected chi connectivity index (χ0v) is 14.6. The molecule has 0 radical (unpaired) electrons. The molecule has 12 heteroatoms. The third kappa shape index (κ3) is 4.64. The number of benzene rings is 2. The van der Waals surface area contributed by atoms with Crippen molar-refractivity contribution in [2.45, 2.75) is 9.79 Å². The Balaban J connectivity index is 2.26. The van der Waals surface area contributed by atoms with Crippen LogP contribution in [0.3, 0.4) is 0 Å². The Kier molecular flexibility index (Phi) is 4.29. The Bertz CT molecular complexity index is 941. The Morgan fingerprint density at radius 2 is 1.42 bits per heavy atom. The van der Waals surface area contributed by atoms with Crippen LogP contribution in [0.1, 0.15) is 10.4 Å². The van der Waals surface area contributed by atoms with Crippen molar-refractivity contribution in [3.8, 4) is 0 Å². The average Bonchev–Trinajstić information content (AvgIpc) is 2.52. The summed E-state index contributed by atoms with van der Waals surface area (Å²) in [6.45, 7) is 0. The monoisotopic (exact) mass is 417 g/mol. The SMILES string of the molecule is COC(=O)c1ccc(S(=O)(=O)Nc2ccc(S(F)(F)(F)(F)F)cc2)cc1. The van der Waals surface area contributed by atoms with Crippen molar-refractivity contribution in [1.82, 2.24) is 0 Å². The molecule has 1 N–H and O–H groups in total. The number of halogens is 5. The topological polar surface area (TPSA) is 72.5 Å². The minimum absolute atomic E-state index is 0.0895. The normalized spacial score (nSPS) is 14.8. The predicted octanol–water partition coefficient (Wildman–Crippen LogP) is 4.93. The molecule has 0 amide bonds. The van der Waals surface area contributed by atoms with Crippen LogP contribution in [0.2, 0.25) is 0 Å². The molecular formula is C14H12F5NO4S2. The van der Waals surface area contributed by atoms with Gasteiger partial charge in [-0.2, -0.15) is 0 Å². The van der Waals surface area contributed by atoms with Gasteiger partial charge < -0.3 is 4.74 Å². The van der Waals surface area contributed by atoms with Gasteiger partial charge in [0.2, 0.25) is 0 Å². The summed E-state index contributed by atoms with van der Waals surface area (Å²) in [5.74, 6) is -0.687. The lowest BCUT2D eigenvalue weighted by atomic mass is 10.2. The first kappa shape index (κ1) is 20.0. The number of esters is 1. The van der Waals surface area contributed by atoms with Gasteiger partial charge in [-0.15, -0.1) is 0 Å². The molecule has 0 saturated carbocycles. The predicted molar refractivity (Wildman–Crippen MR) is 86.4 cm³/mol. The maximum absolute atomic E-state index is 12.6. The summed E-state index contributed by atoms with van der Waals surface area (Å²) < 4.78 is 93.9. The van der Waals surface area contributed by atoms with E-state index < -0.39 is 31.1 Å². The first-order chi connectivity index (χ1) is 11.6. The summed E-state index contributed by atoms with van der Waals surface area (Å²) in [5.41, 5.74) is -0.251. The molecule has 26 heavy (non-hydrogen) atoms. The van der Waals surface area contributed by atoms with E-state index in [4.69, 9.17) is 0 Å². The van der Waals surface area contributed by atoms with Crippen molar-refractivity contribution in [3.05, 3.63) is 54.1 Å². The van der Waals surface area contributed by atoms with E-state index in [-0.39, 0.29) is 28.3 Å². The van der Waals surface area contributed by atoms with E-state index in [0.29, 0.717) is 12.1 Å². The maximum atomic E-state index is 12.6. The van der Waals surface area contributed by atoms with Crippen molar-refractivity contribution >= 4 is 31.9 Å². The minimum Gasteiger partial charge on any atom is -0.465 e. The molecule has 144 valence electrons. The van der Waals surface area contributed by atoms with Gasteiger partial charge in [-0.05, 0) is 48.5 Å². The fourth-order valence-electron chi connectivity index (χ4n) is 1.88. The number of carbonyl (C=O) groups excluding carboxylic acids is 1. The van der Waals surface area contributed by atoms with Gasteiger partial charge in [0, 0.05) is 5.69 Å². The summed E-state index contributed by atoms with van der Waals surface area (Å²) >= 11 is 0. The number of rotatable bonds is 5. The Hall–Kier alpha value is -2.34. The highest BCUT2D eigenvalue weighted by atomic mass is 32.5. The Morgan fingerprint density at radius 3 is 1.85 bits per heavy atom. The second kappa shape index (κ2) is 5.58. The van der Waals surface area contributed by atoms with Crippen LogP contribution in [0.15, 0.2) is 58.3 Å². The van der Waals surface area contributed by atoms with Crippen molar-refractivity contribution in [2.75, 3.05) is 11.8 Å². The lowest BCUT2D eigenvalue weighted by Gasteiger charge is -2.40. The van der Waals surface area contributed by atoms with Crippen LogP contribution in [0.25, 0.3) is 0 Å². The van der Waals surface area contributed by atoms with Crippen LogP contribution in [0, 0.1) is 0 Å². The van der Waals surface area contributed by atoms with Crippen molar-refractivity contribution in [3.63, 3.8) is 0 Å². The van der Waals surface area contributed by atoms with Crippen LogP contribution in [0.4, 0.5) is 25.1 Å². The van der Waals surface area contributed by atoms with Gasteiger partial charge in [0.15, 0.2) is 0 Å². The Morgan fingerprint density at radius 1 is 0.923 bits per heavy atom. The zero-order chi connectivity index (χ0) is 19.9. The molecular weight excluding hydrogens is 405 g/mol. The minimum atomic E-state index is -9.83. The highest BCUT2D eigenvalue weighted by molar-refractivity contribution is 8.45. The largest absolute Gasteiger partial charge is 0.465 e. The first-order valence-corrected chi connectivity index (χ1v) is 10.1. The van der Waals surface area contributed by atoms with Gasteiger partial charge in [0.05, 0.1) is 17.6 Å². The van der Waals surface area contributed by atoms with E-state index in [1.165, 1.54) is 12.1 Å². The number of hydrogen-bond donors (Lipinski definition) is 1. The van der Waals surface area contributed by atoms with E-state index in [0.717, 1.165) is 19.2 Å². The standard InChI is InChI=1S/C14H12F5NO4S2/c1-24-14(21)10-2-6-12(7-3-10)25(22,23)20-11-4-8-13(9-5-11)26(15,16,17,18)19/h2-9,20H,1H3. The maximum Gasteiger partial charge on any atom is 0.337 e. The molecule has 2 aromatic rings. The zero-order valence-electron chi connectivity index (χ0n) is 13.0. The van der Waals surface area contributed by atoms with E-state index >= 15 is 0 Å². The lowest BCUT2D eigenvalue weighted by molar-refractivity contribution is 0.0600. The molecule has 0 aliphatic rings. The third-order valence-corrected chi connectivity index (χ3v) is 5.70. The molecule has 2 aromatic carbocycles. The van der Waals surface area contributed by atoms with Gasteiger partial charge >= 0.3 is 16.2 Å².